The summed E-state index contributed by atoms with van der Waals surface area (Å²) in [6, 6.07) is 0. The Morgan fingerprint density at radius 1 is 0.955 bits per heavy atom. The molecule has 0 radical (unpaired) electrons. The standard InChI is InChI=1S/C13H17NO8/c1-20-10(16)4-3-7-14-13(19)9(15)8-22-12(18)6-5-11(17)21-2/h5-6H,3-4,7-8H2,1-2H3,(H,14,19)/b6-5+. The fourth-order valence-corrected chi connectivity index (χ4v) is 1.09. The van der Waals surface area contributed by atoms with Crippen LogP contribution in [0.2, 0.25) is 0 Å². The van der Waals surface area contributed by atoms with Crippen LogP contribution >= 0.6 is 0 Å². The van der Waals surface area contributed by atoms with E-state index in [1.165, 1.54) is 7.11 Å². The Morgan fingerprint density at radius 2 is 1.59 bits per heavy atom. The van der Waals surface area contributed by atoms with Crippen molar-refractivity contribution >= 4 is 29.6 Å². The molecule has 9 nitrogen and oxygen atoms in total. The smallest absolute Gasteiger partial charge is 0.331 e. The van der Waals surface area contributed by atoms with Crippen LogP contribution in [0.5, 0.6) is 0 Å². The largest absolute Gasteiger partial charge is 0.469 e. The molecule has 0 atom stereocenters. The van der Waals surface area contributed by atoms with Gasteiger partial charge >= 0.3 is 17.9 Å². The third-order valence-electron chi connectivity index (χ3n) is 2.23. The Kier molecular flexibility index (Phi) is 9.65. The second-order valence-electron chi connectivity index (χ2n) is 3.82. The summed E-state index contributed by atoms with van der Waals surface area (Å²) in [6.07, 6.45) is 2.01. The molecule has 0 unspecified atom stereocenters. The molecule has 1 amide bonds. The lowest BCUT2D eigenvalue weighted by Gasteiger charge is -2.04. The van der Waals surface area contributed by atoms with Crippen LogP contribution < -0.4 is 5.32 Å². The van der Waals surface area contributed by atoms with Crippen molar-refractivity contribution in [2.45, 2.75) is 12.8 Å². The van der Waals surface area contributed by atoms with Crippen molar-refractivity contribution in [1.82, 2.24) is 5.32 Å². The highest BCUT2D eigenvalue weighted by Crippen LogP contribution is 1.90. The maximum Gasteiger partial charge on any atom is 0.331 e. The van der Waals surface area contributed by atoms with Crippen LogP contribution in [0.15, 0.2) is 12.2 Å². The molecule has 0 fully saturated rings. The molecule has 0 aliphatic carbocycles. The van der Waals surface area contributed by atoms with E-state index in [1.807, 2.05) is 0 Å². The molecule has 1 N–H and O–H groups in total. The zero-order valence-electron chi connectivity index (χ0n) is 12.2. The van der Waals surface area contributed by atoms with E-state index in [9.17, 15) is 24.0 Å². The summed E-state index contributed by atoms with van der Waals surface area (Å²) >= 11 is 0. The van der Waals surface area contributed by atoms with Crippen LogP contribution in [0.25, 0.3) is 0 Å². The van der Waals surface area contributed by atoms with Gasteiger partial charge in [-0.2, -0.15) is 0 Å². The monoisotopic (exact) mass is 315 g/mol. The molecule has 0 spiro atoms. The zero-order valence-corrected chi connectivity index (χ0v) is 12.2. The number of ketones is 1. The van der Waals surface area contributed by atoms with Crippen LogP contribution in [0.4, 0.5) is 0 Å². The highest BCUT2D eigenvalue weighted by Gasteiger charge is 2.15. The predicted molar refractivity (Wildman–Crippen MR) is 71.4 cm³/mol. The molecule has 0 saturated heterocycles. The van der Waals surface area contributed by atoms with Gasteiger partial charge in [0.05, 0.1) is 14.2 Å². The lowest BCUT2D eigenvalue weighted by molar-refractivity contribution is -0.147. The molecule has 9 heteroatoms. The highest BCUT2D eigenvalue weighted by atomic mass is 16.5. The van der Waals surface area contributed by atoms with Crippen molar-refractivity contribution in [1.29, 1.82) is 0 Å². The van der Waals surface area contributed by atoms with E-state index in [0.717, 1.165) is 19.3 Å². The van der Waals surface area contributed by atoms with E-state index >= 15 is 0 Å². The molecule has 0 heterocycles. The first-order valence-electron chi connectivity index (χ1n) is 6.21. The summed E-state index contributed by atoms with van der Waals surface area (Å²) in [5.41, 5.74) is 0. The van der Waals surface area contributed by atoms with E-state index < -0.39 is 36.2 Å². The lowest BCUT2D eigenvalue weighted by atomic mass is 10.3. The van der Waals surface area contributed by atoms with E-state index in [2.05, 4.69) is 19.5 Å². The van der Waals surface area contributed by atoms with Gasteiger partial charge in [0.25, 0.3) is 11.7 Å². The van der Waals surface area contributed by atoms with Crippen LogP contribution in [-0.4, -0.2) is 57.0 Å². The highest BCUT2D eigenvalue weighted by molar-refractivity contribution is 6.36. The third kappa shape index (κ3) is 9.23. The third-order valence-corrected chi connectivity index (χ3v) is 2.23. The lowest BCUT2D eigenvalue weighted by Crippen LogP contribution is -2.34. The quantitative estimate of drug-likeness (QED) is 0.187. The number of carbonyl (C=O) groups excluding carboxylic acids is 5. The van der Waals surface area contributed by atoms with Crippen molar-refractivity contribution in [3.05, 3.63) is 12.2 Å². The van der Waals surface area contributed by atoms with Gasteiger partial charge in [-0.25, -0.2) is 9.59 Å². The first kappa shape index (κ1) is 19.3. The predicted octanol–water partition coefficient (Wildman–Crippen LogP) is -1.10. The Labute approximate surface area is 126 Å². The average Bonchev–Trinajstić information content (AvgIpc) is 2.53. The Bertz CT molecular complexity index is 469. The van der Waals surface area contributed by atoms with Crippen molar-refractivity contribution in [2.24, 2.45) is 0 Å². The Balaban J connectivity index is 3.94. The minimum absolute atomic E-state index is 0.107. The zero-order chi connectivity index (χ0) is 17.0. The van der Waals surface area contributed by atoms with E-state index in [-0.39, 0.29) is 13.0 Å². The van der Waals surface area contributed by atoms with Crippen molar-refractivity contribution in [3.8, 4) is 0 Å². The number of methoxy groups -OCH3 is 2. The van der Waals surface area contributed by atoms with Crippen LogP contribution in [0, 0.1) is 0 Å². The van der Waals surface area contributed by atoms with Crippen LogP contribution in [-0.2, 0) is 38.2 Å². The molecule has 0 aromatic heterocycles. The minimum atomic E-state index is -0.961. The number of carbonyl (C=O) groups is 5. The molecule has 0 aliphatic heterocycles. The number of amides is 1. The summed E-state index contributed by atoms with van der Waals surface area (Å²) in [7, 11) is 2.37. The molecule has 0 rings (SSSR count). The molecule has 0 aliphatic rings. The Morgan fingerprint density at radius 3 is 2.18 bits per heavy atom. The second-order valence-corrected chi connectivity index (χ2v) is 3.82. The molecule has 0 bridgehead atoms. The van der Waals surface area contributed by atoms with E-state index in [1.54, 1.807) is 0 Å². The molecule has 122 valence electrons. The summed E-state index contributed by atoms with van der Waals surface area (Å²) < 4.78 is 13.1. The van der Waals surface area contributed by atoms with Gasteiger partial charge in [0.1, 0.15) is 0 Å². The number of nitrogens with one attached hydrogen (secondary N) is 1. The van der Waals surface area contributed by atoms with Gasteiger partial charge in [-0.05, 0) is 6.42 Å². The van der Waals surface area contributed by atoms with Gasteiger partial charge < -0.3 is 19.5 Å². The summed E-state index contributed by atoms with van der Waals surface area (Å²) in [5, 5.41) is 2.27. The van der Waals surface area contributed by atoms with E-state index in [4.69, 9.17) is 0 Å². The summed E-state index contributed by atoms with van der Waals surface area (Å²) in [5.74, 6) is -4.04. The fourth-order valence-electron chi connectivity index (χ4n) is 1.09. The maximum atomic E-state index is 11.3. The normalized spacial score (nSPS) is 9.91. The summed E-state index contributed by atoms with van der Waals surface area (Å²) in [4.78, 5) is 55.3. The van der Waals surface area contributed by atoms with Crippen molar-refractivity contribution in [2.75, 3.05) is 27.4 Å². The number of Topliss-reactive ketones (excluding diaryl/α,β-unsaturated/α-hetero) is 1. The number of ether oxygens (including phenoxy) is 3. The molecule has 0 saturated carbocycles. The molecule has 0 aromatic carbocycles. The van der Waals surface area contributed by atoms with Crippen molar-refractivity contribution < 1.29 is 38.2 Å². The van der Waals surface area contributed by atoms with Gasteiger partial charge in [0.2, 0.25) is 0 Å². The minimum Gasteiger partial charge on any atom is -0.469 e. The number of hydrogen-bond donors (Lipinski definition) is 1. The second kappa shape index (κ2) is 11.0. The van der Waals surface area contributed by atoms with Crippen LogP contribution in [0.3, 0.4) is 0 Å². The Hall–Kier alpha value is -2.71. The van der Waals surface area contributed by atoms with Crippen molar-refractivity contribution in [3.63, 3.8) is 0 Å². The maximum absolute atomic E-state index is 11.3. The number of rotatable bonds is 9. The van der Waals surface area contributed by atoms with Gasteiger partial charge in [-0.15, -0.1) is 0 Å². The molecular weight excluding hydrogens is 298 g/mol. The van der Waals surface area contributed by atoms with Gasteiger partial charge in [-0.3, -0.25) is 14.4 Å². The molecule has 0 aromatic rings. The number of esters is 3. The van der Waals surface area contributed by atoms with Gasteiger partial charge in [-0.1, -0.05) is 0 Å². The molecular formula is C13H17NO8. The summed E-state index contributed by atoms with van der Waals surface area (Å²) in [6.45, 7) is -0.650. The number of hydrogen-bond acceptors (Lipinski definition) is 8. The first-order chi connectivity index (χ1) is 10.4. The SMILES string of the molecule is COC(=O)/C=C/C(=O)OCC(=O)C(=O)NCCCC(=O)OC. The van der Waals surface area contributed by atoms with E-state index in [0.29, 0.717) is 6.42 Å². The topological polar surface area (TPSA) is 125 Å². The average molecular weight is 315 g/mol. The first-order valence-corrected chi connectivity index (χ1v) is 6.21. The van der Waals surface area contributed by atoms with Gasteiger partial charge in [0, 0.05) is 25.1 Å². The fraction of sp³-hybridized carbons (Fsp3) is 0.462. The van der Waals surface area contributed by atoms with Gasteiger partial charge in [0.15, 0.2) is 6.61 Å². The van der Waals surface area contributed by atoms with Crippen LogP contribution in [0.1, 0.15) is 12.8 Å². The molecule has 22 heavy (non-hydrogen) atoms.